The lowest BCUT2D eigenvalue weighted by atomic mass is 10.0. The summed E-state index contributed by atoms with van der Waals surface area (Å²) in [6.45, 7) is 2.36. The number of amides is 1. The Kier molecular flexibility index (Phi) is 4.58. The lowest BCUT2D eigenvalue weighted by Gasteiger charge is -2.18. The van der Waals surface area contributed by atoms with E-state index in [4.69, 9.17) is 4.74 Å². The summed E-state index contributed by atoms with van der Waals surface area (Å²) in [6.07, 6.45) is 1.97. The molecule has 0 saturated carbocycles. The lowest BCUT2D eigenvalue weighted by Crippen LogP contribution is -2.30. The van der Waals surface area contributed by atoms with Crippen molar-refractivity contribution in [3.05, 3.63) is 64.7 Å². The first-order valence-electron chi connectivity index (χ1n) is 8.46. The second-order valence-electron chi connectivity index (χ2n) is 6.32. The molecule has 0 N–H and O–H groups in total. The Labute approximate surface area is 147 Å². The van der Waals surface area contributed by atoms with Crippen LogP contribution in [0.2, 0.25) is 0 Å². The summed E-state index contributed by atoms with van der Waals surface area (Å²) in [5.74, 6) is 1.64. The molecule has 2 aromatic carbocycles. The molecule has 2 aromatic rings. The van der Waals surface area contributed by atoms with Gasteiger partial charge in [0.05, 0.1) is 19.0 Å². The standard InChI is InChI=1S/C20H21NO2S/c22-20(21-9-7-16-3-1-2-4-19(16)21)14-24-13-15-5-6-18-12-23-10-8-17(18)11-15/h1-6,11H,7-10,12-14H2. The second-order valence-corrected chi connectivity index (χ2v) is 7.31. The molecule has 0 saturated heterocycles. The number of carbonyl (C=O) groups is 1. The molecule has 1 amide bonds. The summed E-state index contributed by atoms with van der Waals surface area (Å²) in [5.41, 5.74) is 6.39. The van der Waals surface area contributed by atoms with Gasteiger partial charge in [0.15, 0.2) is 0 Å². The Balaban J connectivity index is 1.34. The molecule has 2 aliphatic heterocycles. The third kappa shape index (κ3) is 3.21. The highest BCUT2D eigenvalue weighted by atomic mass is 32.2. The molecule has 0 bridgehead atoms. The highest BCUT2D eigenvalue weighted by Gasteiger charge is 2.23. The first-order valence-corrected chi connectivity index (χ1v) is 9.61. The lowest BCUT2D eigenvalue weighted by molar-refractivity contribution is -0.116. The van der Waals surface area contributed by atoms with E-state index in [-0.39, 0.29) is 5.91 Å². The molecule has 4 rings (SSSR count). The Morgan fingerprint density at radius 3 is 2.96 bits per heavy atom. The minimum atomic E-state index is 0.219. The van der Waals surface area contributed by atoms with Crippen LogP contribution in [0.25, 0.3) is 0 Å². The van der Waals surface area contributed by atoms with Crippen LogP contribution in [-0.4, -0.2) is 24.8 Å². The molecular weight excluding hydrogens is 318 g/mol. The van der Waals surface area contributed by atoms with E-state index in [0.717, 1.165) is 44.0 Å². The van der Waals surface area contributed by atoms with Crippen molar-refractivity contribution >= 4 is 23.4 Å². The van der Waals surface area contributed by atoms with Gasteiger partial charge in [0.2, 0.25) is 5.91 Å². The van der Waals surface area contributed by atoms with Crippen molar-refractivity contribution in [1.82, 2.24) is 0 Å². The highest BCUT2D eigenvalue weighted by Crippen LogP contribution is 2.28. The maximum Gasteiger partial charge on any atom is 0.237 e. The van der Waals surface area contributed by atoms with E-state index in [9.17, 15) is 4.79 Å². The fraction of sp³-hybridized carbons (Fsp3) is 0.350. The number of benzene rings is 2. The average molecular weight is 339 g/mol. The van der Waals surface area contributed by atoms with Gasteiger partial charge in [-0.3, -0.25) is 4.79 Å². The van der Waals surface area contributed by atoms with Gasteiger partial charge in [0.1, 0.15) is 0 Å². The molecule has 0 fully saturated rings. The molecule has 0 unspecified atom stereocenters. The van der Waals surface area contributed by atoms with E-state index in [1.54, 1.807) is 11.8 Å². The van der Waals surface area contributed by atoms with Crippen LogP contribution in [0, 0.1) is 0 Å². The molecule has 2 heterocycles. The van der Waals surface area contributed by atoms with Gasteiger partial charge < -0.3 is 9.64 Å². The van der Waals surface area contributed by atoms with Gasteiger partial charge in [-0.05, 0) is 41.2 Å². The van der Waals surface area contributed by atoms with Gasteiger partial charge in [-0.1, -0.05) is 36.4 Å². The average Bonchev–Trinajstić information content (AvgIpc) is 3.06. The van der Waals surface area contributed by atoms with Crippen LogP contribution in [0.4, 0.5) is 5.69 Å². The fourth-order valence-electron chi connectivity index (χ4n) is 3.44. The summed E-state index contributed by atoms with van der Waals surface area (Å²) in [5, 5.41) is 0. The Morgan fingerprint density at radius 2 is 2.00 bits per heavy atom. The monoisotopic (exact) mass is 339 g/mol. The van der Waals surface area contributed by atoms with E-state index >= 15 is 0 Å². The molecule has 0 aromatic heterocycles. The third-order valence-corrected chi connectivity index (χ3v) is 5.71. The van der Waals surface area contributed by atoms with Gasteiger partial charge >= 0.3 is 0 Å². The minimum absolute atomic E-state index is 0.219. The van der Waals surface area contributed by atoms with Crippen molar-refractivity contribution in [2.45, 2.75) is 25.2 Å². The normalized spacial score (nSPS) is 15.9. The van der Waals surface area contributed by atoms with Crippen LogP contribution in [0.3, 0.4) is 0 Å². The zero-order chi connectivity index (χ0) is 16.4. The number of para-hydroxylation sites is 1. The number of fused-ring (bicyclic) bond motifs is 2. The van der Waals surface area contributed by atoms with Crippen LogP contribution < -0.4 is 4.90 Å². The van der Waals surface area contributed by atoms with Crippen LogP contribution in [-0.2, 0) is 34.7 Å². The number of ether oxygens (including phenoxy) is 1. The summed E-state index contributed by atoms with van der Waals surface area (Å²) in [7, 11) is 0. The molecule has 0 spiro atoms. The molecule has 24 heavy (non-hydrogen) atoms. The van der Waals surface area contributed by atoms with Crippen molar-refractivity contribution < 1.29 is 9.53 Å². The van der Waals surface area contributed by atoms with Crippen LogP contribution in [0.15, 0.2) is 42.5 Å². The van der Waals surface area contributed by atoms with Crippen molar-refractivity contribution in [3.8, 4) is 0 Å². The fourth-order valence-corrected chi connectivity index (χ4v) is 4.29. The van der Waals surface area contributed by atoms with E-state index in [1.165, 1.54) is 22.3 Å². The molecular formula is C20H21NO2S. The Morgan fingerprint density at radius 1 is 1.08 bits per heavy atom. The zero-order valence-corrected chi connectivity index (χ0v) is 14.5. The van der Waals surface area contributed by atoms with E-state index in [0.29, 0.717) is 5.75 Å². The number of hydrogen-bond donors (Lipinski definition) is 0. The summed E-state index contributed by atoms with van der Waals surface area (Å²) < 4.78 is 5.48. The number of thioether (sulfide) groups is 1. The maximum absolute atomic E-state index is 12.5. The Hall–Kier alpha value is -1.78. The number of hydrogen-bond acceptors (Lipinski definition) is 3. The van der Waals surface area contributed by atoms with Crippen molar-refractivity contribution in [2.24, 2.45) is 0 Å². The number of rotatable bonds is 4. The quantitative estimate of drug-likeness (QED) is 0.853. The molecule has 2 aliphatic rings. The smallest absolute Gasteiger partial charge is 0.237 e. The number of anilines is 1. The van der Waals surface area contributed by atoms with Crippen molar-refractivity contribution in [2.75, 3.05) is 23.8 Å². The summed E-state index contributed by atoms with van der Waals surface area (Å²) in [4.78, 5) is 14.5. The minimum Gasteiger partial charge on any atom is -0.376 e. The molecule has 0 radical (unpaired) electrons. The SMILES string of the molecule is O=C(CSCc1ccc2c(c1)CCOC2)N1CCc2ccccc21. The molecule has 3 nitrogen and oxygen atoms in total. The molecule has 124 valence electrons. The predicted molar refractivity (Wildman–Crippen MR) is 98.5 cm³/mol. The highest BCUT2D eigenvalue weighted by molar-refractivity contribution is 7.99. The maximum atomic E-state index is 12.5. The topological polar surface area (TPSA) is 29.5 Å². The Bertz CT molecular complexity index is 759. The number of nitrogens with zero attached hydrogens (tertiary/aromatic N) is 1. The second kappa shape index (κ2) is 6.99. The van der Waals surface area contributed by atoms with Gasteiger partial charge in [-0.15, -0.1) is 11.8 Å². The largest absolute Gasteiger partial charge is 0.376 e. The summed E-state index contributed by atoms with van der Waals surface area (Å²) in [6, 6.07) is 14.8. The number of carbonyl (C=O) groups excluding carboxylic acids is 1. The molecule has 0 atom stereocenters. The zero-order valence-electron chi connectivity index (χ0n) is 13.7. The van der Waals surface area contributed by atoms with Crippen LogP contribution >= 0.6 is 11.8 Å². The van der Waals surface area contributed by atoms with E-state index in [2.05, 4.69) is 30.3 Å². The van der Waals surface area contributed by atoms with Crippen molar-refractivity contribution in [1.29, 1.82) is 0 Å². The van der Waals surface area contributed by atoms with Gasteiger partial charge in [0.25, 0.3) is 0 Å². The van der Waals surface area contributed by atoms with Gasteiger partial charge in [-0.2, -0.15) is 0 Å². The first-order chi connectivity index (χ1) is 11.8. The van der Waals surface area contributed by atoms with Crippen LogP contribution in [0.1, 0.15) is 22.3 Å². The predicted octanol–water partition coefficient (Wildman–Crippen LogP) is 3.58. The molecule has 4 heteroatoms. The van der Waals surface area contributed by atoms with Gasteiger partial charge in [0, 0.05) is 18.0 Å². The van der Waals surface area contributed by atoms with Crippen LogP contribution in [0.5, 0.6) is 0 Å². The summed E-state index contributed by atoms with van der Waals surface area (Å²) >= 11 is 1.70. The third-order valence-electron chi connectivity index (χ3n) is 4.73. The van der Waals surface area contributed by atoms with E-state index in [1.807, 2.05) is 17.0 Å². The molecule has 0 aliphatic carbocycles. The van der Waals surface area contributed by atoms with Gasteiger partial charge in [-0.25, -0.2) is 0 Å². The van der Waals surface area contributed by atoms with E-state index < -0.39 is 0 Å². The van der Waals surface area contributed by atoms with Crippen molar-refractivity contribution in [3.63, 3.8) is 0 Å². The first kappa shape index (κ1) is 15.7.